The van der Waals surface area contributed by atoms with Crippen LogP contribution in [-0.4, -0.2) is 19.6 Å². The van der Waals surface area contributed by atoms with Gasteiger partial charge in [0, 0.05) is 11.0 Å². The summed E-state index contributed by atoms with van der Waals surface area (Å²) in [5, 5.41) is 3.03. The number of rotatable bonds is 6. The van der Waals surface area contributed by atoms with Gasteiger partial charge in [-0.1, -0.05) is 27.7 Å². The predicted octanol–water partition coefficient (Wildman–Crippen LogP) is 4.12. The molecule has 0 fully saturated rings. The Kier molecular flexibility index (Phi) is 6.53. The highest BCUT2D eigenvalue weighted by molar-refractivity contribution is 9.10. The van der Waals surface area contributed by atoms with Crippen LogP contribution in [0.15, 0.2) is 22.7 Å². The average Bonchev–Trinajstić information content (AvgIpc) is 2.38. The second-order valence-electron chi connectivity index (χ2n) is 5.71. The summed E-state index contributed by atoms with van der Waals surface area (Å²) in [6.45, 7) is 9.46. The van der Waals surface area contributed by atoms with Crippen LogP contribution >= 0.6 is 15.9 Å². The standard InChI is InChI=1S/C16H24BrNO2/c1-10(2)14(11(3)4)9-18-16(19)13-8-12(20-5)6-7-15(13)17/h6-8,10-11,14H,9H2,1-5H3,(H,18,19). The molecule has 0 unspecified atom stereocenters. The van der Waals surface area contributed by atoms with E-state index in [1.165, 1.54) is 0 Å². The molecule has 1 aromatic rings. The minimum absolute atomic E-state index is 0.0675. The van der Waals surface area contributed by atoms with Crippen LogP contribution in [-0.2, 0) is 0 Å². The first-order valence-corrected chi connectivity index (χ1v) is 7.77. The Bertz CT molecular complexity index is 450. The van der Waals surface area contributed by atoms with E-state index in [1.807, 2.05) is 12.1 Å². The Morgan fingerprint density at radius 3 is 2.35 bits per heavy atom. The van der Waals surface area contributed by atoms with Crippen LogP contribution in [0, 0.1) is 17.8 Å². The molecule has 0 aliphatic heterocycles. The number of carbonyl (C=O) groups is 1. The molecule has 0 saturated carbocycles. The van der Waals surface area contributed by atoms with Crippen molar-refractivity contribution >= 4 is 21.8 Å². The van der Waals surface area contributed by atoms with Crippen LogP contribution in [0.4, 0.5) is 0 Å². The molecule has 0 aliphatic carbocycles. The second-order valence-corrected chi connectivity index (χ2v) is 6.56. The number of carbonyl (C=O) groups excluding carboxylic acids is 1. The summed E-state index contributed by atoms with van der Waals surface area (Å²) in [5.41, 5.74) is 0.607. The lowest BCUT2D eigenvalue weighted by atomic mass is 9.85. The quantitative estimate of drug-likeness (QED) is 0.845. The van der Waals surface area contributed by atoms with Gasteiger partial charge < -0.3 is 10.1 Å². The van der Waals surface area contributed by atoms with Crippen LogP contribution in [0.1, 0.15) is 38.1 Å². The van der Waals surface area contributed by atoms with Crippen molar-refractivity contribution in [1.29, 1.82) is 0 Å². The zero-order chi connectivity index (χ0) is 15.3. The van der Waals surface area contributed by atoms with Crippen molar-refractivity contribution in [2.75, 3.05) is 13.7 Å². The molecule has 1 rings (SSSR count). The lowest BCUT2D eigenvalue weighted by Gasteiger charge is -2.25. The SMILES string of the molecule is COc1ccc(Br)c(C(=O)NCC(C(C)C)C(C)C)c1. The average molecular weight is 342 g/mol. The fourth-order valence-electron chi connectivity index (χ4n) is 2.35. The number of amides is 1. The van der Waals surface area contributed by atoms with E-state index in [0.29, 0.717) is 35.6 Å². The molecule has 0 spiro atoms. The normalized spacial score (nSPS) is 11.2. The first kappa shape index (κ1) is 17.0. The Morgan fingerprint density at radius 1 is 1.25 bits per heavy atom. The van der Waals surface area contributed by atoms with Gasteiger partial charge >= 0.3 is 0 Å². The Morgan fingerprint density at radius 2 is 1.85 bits per heavy atom. The lowest BCUT2D eigenvalue weighted by molar-refractivity contribution is 0.0936. The summed E-state index contributed by atoms with van der Waals surface area (Å²) in [7, 11) is 1.60. The molecule has 0 atom stereocenters. The third-order valence-electron chi connectivity index (χ3n) is 3.63. The Balaban J connectivity index is 2.76. The zero-order valence-corrected chi connectivity index (χ0v) is 14.5. The highest BCUT2D eigenvalue weighted by Gasteiger charge is 2.19. The maximum absolute atomic E-state index is 12.3. The molecule has 1 aromatic carbocycles. The zero-order valence-electron chi connectivity index (χ0n) is 12.9. The largest absolute Gasteiger partial charge is 0.497 e. The molecule has 3 nitrogen and oxygen atoms in total. The molecule has 4 heteroatoms. The van der Waals surface area contributed by atoms with E-state index in [1.54, 1.807) is 13.2 Å². The molecule has 20 heavy (non-hydrogen) atoms. The number of ether oxygens (including phenoxy) is 1. The second kappa shape index (κ2) is 7.67. The number of halogens is 1. The number of hydrogen-bond donors (Lipinski definition) is 1. The predicted molar refractivity (Wildman–Crippen MR) is 86.2 cm³/mol. The highest BCUT2D eigenvalue weighted by Crippen LogP contribution is 2.23. The fourth-order valence-corrected chi connectivity index (χ4v) is 2.78. The van der Waals surface area contributed by atoms with E-state index in [9.17, 15) is 4.79 Å². The monoisotopic (exact) mass is 341 g/mol. The maximum atomic E-state index is 12.3. The number of benzene rings is 1. The van der Waals surface area contributed by atoms with Gasteiger partial charge in [0.1, 0.15) is 5.75 Å². The van der Waals surface area contributed by atoms with Gasteiger partial charge in [0.2, 0.25) is 0 Å². The van der Waals surface area contributed by atoms with Gasteiger partial charge in [-0.25, -0.2) is 0 Å². The maximum Gasteiger partial charge on any atom is 0.252 e. The molecule has 1 amide bonds. The summed E-state index contributed by atoms with van der Waals surface area (Å²) < 4.78 is 5.94. The van der Waals surface area contributed by atoms with Gasteiger partial charge in [-0.2, -0.15) is 0 Å². The Labute approximate surface area is 130 Å². The van der Waals surface area contributed by atoms with Gasteiger partial charge in [0.05, 0.1) is 12.7 Å². The van der Waals surface area contributed by atoms with E-state index in [4.69, 9.17) is 4.74 Å². The van der Waals surface area contributed by atoms with Crippen LogP contribution in [0.5, 0.6) is 5.75 Å². The summed E-state index contributed by atoms with van der Waals surface area (Å²) in [6.07, 6.45) is 0. The van der Waals surface area contributed by atoms with Crippen LogP contribution < -0.4 is 10.1 Å². The minimum atomic E-state index is -0.0675. The Hall–Kier alpha value is -1.03. The summed E-state index contributed by atoms with van der Waals surface area (Å²) in [6, 6.07) is 5.40. The van der Waals surface area contributed by atoms with Crippen LogP contribution in [0.3, 0.4) is 0 Å². The van der Waals surface area contributed by atoms with Gasteiger partial charge in [-0.05, 0) is 51.9 Å². The number of hydrogen-bond acceptors (Lipinski definition) is 2. The van der Waals surface area contributed by atoms with Crippen molar-refractivity contribution in [2.45, 2.75) is 27.7 Å². The summed E-state index contributed by atoms with van der Waals surface area (Å²) in [4.78, 5) is 12.3. The minimum Gasteiger partial charge on any atom is -0.497 e. The smallest absolute Gasteiger partial charge is 0.252 e. The molecule has 1 N–H and O–H groups in total. The van der Waals surface area contributed by atoms with Crippen molar-refractivity contribution in [3.63, 3.8) is 0 Å². The third-order valence-corrected chi connectivity index (χ3v) is 4.32. The van der Waals surface area contributed by atoms with Crippen molar-refractivity contribution in [2.24, 2.45) is 17.8 Å². The van der Waals surface area contributed by atoms with Crippen LogP contribution in [0.2, 0.25) is 0 Å². The third kappa shape index (κ3) is 4.51. The van der Waals surface area contributed by atoms with Crippen molar-refractivity contribution in [1.82, 2.24) is 5.32 Å². The van der Waals surface area contributed by atoms with Crippen molar-refractivity contribution in [3.05, 3.63) is 28.2 Å². The number of nitrogens with one attached hydrogen (secondary N) is 1. The topological polar surface area (TPSA) is 38.3 Å². The summed E-state index contributed by atoms with van der Waals surface area (Å²) >= 11 is 3.41. The molecule has 0 aromatic heterocycles. The molecule has 0 aliphatic rings. The van der Waals surface area contributed by atoms with Crippen molar-refractivity contribution in [3.8, 4) is 5.75 Å². The van der Waals surface area contributed by atoms with Gasteiger partial charge in [0.25, 0.3) is 5.91 Å². The van der Waals surface area contributed by atoms with Gasteiger partial charge in [-0.3, -0.25) is 4.79 Å². The van der Waals surface area contributed by atoms with E-state index in [-0.39, 0.29) is 5.91 Å². The fraction of sp³-hybridized carbons (Fsp3) is 0.562. The molecular formula is C16H24BrNO2. The molecule has 0 heterocycles. The van der Waals surface area contributed by atoms with Crippen LogP contribution in [0.25, 0.3) is 0 Å². The van der Waals surface area contributed by atoms with E-state index < -0.39 is 0 Å². The van der Waals surface area contributed by atoms with E-state index >= 15 is 0 Å². The van der Waals surface area contributed by atoms with E-state index in [0.717, 1.165) is 4.47 Å². The number of methoxy groups -OCH3 is 1. The van der Waals surface area contributed by atoms with Crippen molar-refractivity contribution < 1.29 is 9.53 Å². The van der Waals surface area contributed by atoms with Gasteiger partial charge in [0.15, 0.2) is 0 Å². The molecule has 0 bridgehead atoms. The first-order chi connectivity index (χ1) is 9.36. The molecular weight excluding hydrogens is 318 g/mol. The molecule has 112 valence electrons. The lowest BCUT2D eigenvalue weighted by Crippen LogP contribution is -2.34. The first-order valence-electron chi connectivity index (χ1n) is 6.98. The van der Waals surface area contributed by atoms with Gasteiger partial charge in [-0.15, -0.1) is 0 Å². The highest BCUT2D eigenvalue weighted by atomic mass is 79.9. The van der Waals surface area contributed by atoms with E-state index in [2.05, 4.69) is 48.9 Å². The molecule has 0 radical (unpaired) electrons. The summed E-state index contributed by atoms with van der Waals surface area (Å²) in [5.74, 6) is 2.18. The molecule has 0 saturated heterocycles.